The monoisotopic (exact) mass is 419 g/mol. The number of carbonyl (C=O) groups excluding carboxylic acids is 1. The molecule has 0 aliphatic heterocycles. The van der Waals surface area contributed by atoms with Gasteiger partial charge in [0.15, 0.2) is 11.5 Å². The Kier molecular flexibility index (Phi) is 6.74. The van der Waals surface area contributed by atoms with Crippen molar-refractivity contribution in [1.82, 2.24) is 19.9 Å². The van der Waals surface area contributed by atoms with E-state index in [4.69, 9.17) is 10.5 Å². The van der Waals surface area contributed by atoms with Gasteiger partial charge in [0.25, 0.3) is 0 Å². The third kappa shape index (κ3) is 5.31. The van der Waals surface area contributed by atoms with E-state index in [9.17, 15) is 10.1 Å². The molecule has 9 nitrogen and oxygen atoms in total. The number of nitriles is 1. The van der Waals surface area contributed by atoms with Crippen LogP contribution < -0.4 is 11.1 Å². The van der Waals surface area contributed by atoms with E-state index in [2.05, 4.69) is 26.6 Å². The summed E-state index contributed by atoms with van der Waals surface area (Å²) in [6.07, 6.45) is 3.40. The largest absolute Gasteiger partial charge is 0.374 e. The maximum absolute atomic E-state index is 12.6. The van der Waals surface area contributed by atoms with Crippen LogP contribution in [0.5, 0.6) is 0 Å². The molecule has 3 N–H and O–H groups in total. The van der Waals surface area contributed by atoms with Gasteiger partial charge in [-0.15, -0.1) is 10.2 Å². The molecule has 3 aromatic rings. The van der Waals surface area contributed by atoms with Gasteiger partial charge >= 0.3 is 0 Å². The summed E-state index contributed by atoms with van der Waals surface area (Å²) >= 11 is 0. The number of pyridine rings is 1. The van der Waals surface area contributed by atoms with Crippen LogP contribution in [0.1, 0.15) is 42.4 Å². The third-order valence-corrected chi connectivity index (χ3v) is 4.63. The Morgan fingerprint density at radius 1 is 1.35 bits per heavy atom. The summed E-state index contributed by atoms with van der Waals surface area (Å²) in [6.45, 7) is 3.70. The number of aromatic nitrogens is 3. The van der Waals surface area contributed by atoms with Crippen molar-refractivity contribution in [2.24, 2.45) is 10.7 Å². The summed E-state index contributed by atoms with van der Waals surface area (Å²) in [7, 11) is 1.71. The van der Waals surface area contributed by atoms with E-state index in [1.54, 1.807) is 49.8 Å². The lowest BCUT2D eigenvalue weighted by Crippen LogP contribution is -2.50. The molecule has 0 bridgehead atoms. The van der Waals surface area contributed by atoms with Gasteiger partial charge in [0.05, 0.1) is 24.3 Å². The molecule has 160 valence electrons. The van der Waals surface area contributed by atoms with Crippen molar-refractivity contribution in [3.8, 4) is 6.07 Å². The first-order valence-electron chi connectivity index (χ1n) is 9.76. The average Bonchev–Trinajstić information content (AvgIpc) is 3.16. The molecule has 2 heterocycles. The van der Waals surface area contributed by atoms with Crippen LogP contribution in [-0.2, 0) is 16.1 Å². The Labute approximate surface area is 180 Å². The van der Waals surface area contributed by atoms with Crippen molar-refractivity contribution in [2.45, 2.75) is 32.0 Å². The van der Waals surface area contributed by atoms with E-state index in [-0.39, 0.29) is 12.5 Å². The second-order valence-electron chi connectivity index (χ2n) is 7.66. The molecule has 0 fully saturated rings. The van der Waals surface area contributed by atoms with Crippen LogP contribution >= 0.6 is 0 Å². The topological polar surface area (TPSA) is 131 Å². The molecule has 0 radical (unpaired) electrons. The number of carbonyl (C=O) groups is 1. The van der Waals surface area contributed by atoms with Gasteiger partial charge in [-0.05, 0) is 37.1 Å². The van der Waals surface area contributed by atoms with Crippen molar-refractivity contribution in [1.29, 1.82) is 5.26 Å². The van der Waals surface area contributed by atoms with Gasteiger partial charge in [-0.25, -0.2) is 0 Å². The first-order valence-corrected chi connectivity index (χ1v) is 9.76. The molecule has 0 saturated heterocycles. The Morgan fingerprint density at radius 2 is 2.13 bits per heavy atom. The molecule has 9 heteroatoms. The molecule has 3 rings (SSSR count). The molecule has 1 atom stereocenters. The number of amides is 1. The van der Waals surface area contributed by atoms with Crippen molar-refractivity contribution in [3.63, 3.8) is 0 Å². The maximum atomic E-state index is 12.6. The van der Waals surface area contributed by atoms with Gasteiger partial charge in [-0.1, -0.05) is 24.3 Å². The number of rotatable bonds is 8. The molecule has 0 aliphatic carbocycles. The number of nitrogens with zero attached hydrogens (tertiary/aromatic N) is 5. The molecule has 1 aromatic carbocycles. The number of benzene rings is 1. The minimum absolute atomic E-state index is 0.136. The summed E-state index contributed by atoms with van der Waals surface area (Å²) in [4.78, 5) is 16.7. The fourth-order valence-corrected chi connectivity index (χ4v) is 2.95. The predicted octanol–water partition coefficient (Wildman–Crippen LogP) is 1.76. The number of hydrogen-bond acceptors (Lipinski definition) is 7. The van der Waals surface area contributed by atoms with Gasteiger partial charge in [0.1, 0.15) is 12.1 Å². The lowest BCUT2D eigenvalue weighted by atomic mass is 10.1. The first kappa shape index (κ1) is 22.1. The minimum atomic E-state index is -1.08. The predicted molar refractivity (Wildman–Crippen MR) is 116 cm³/mol. The smallest absolute Gasteiger partial charge is 0.240 e. The number of hydrogen-bond donors (Lipinski definition) is 2. The summed E-state index contributed by atoms with van der Waals surface area (Å²) in [6, 6.07) is 12.6. The highest BCUT2D eigenvalue weighted by Crippen LogP contribution is 2.17. The van der Waals surface area contributed by atoms with Crippen molar-refractivity contribution in [2.75, 3.05) is 13.7 Å². The molecular formula is C22H25N7O2. The number of nitrogens with one attached hydrogen (secondary N) is 1. The molecule has 31 heavy (non-hydrogen) atoms. The van der Waals surface area contributed by atoms with Crippen LogP contribution in [0, 0.1) is 11.3 Å². The van der Waals surface area contributed by atoms with E-state index in [0.717, 1.165) is 11.1 Å². The second-order valence-corrected chi connectivity index (χ2v) is 7.66. The highest BCUT2D eigenvalue weighted by molar-refractivity contribution is 5.85. The van der Waals surface area contributed by atoms with E-state index in [1.165, 1.54) is 0 Å². The summed E-state index contributed by atoms with van der Waals surface area (Å²) < 4.78 is 7.62. The highest BCUT2D eigenvalue weighted by atomic mass is 16.5. The number of fused-ring (bicyclic) bond motifs is 1. The van der Waals surface area contributed by atoms with E-state index < -0.39 is 11.6 Å². The van der Waals surface area contributed by atoms with Crippen LogP contribution in [0.2, 0.25) is 0 Å². The van der Waals surface area contributed by atoms with Crippen molar-refractivity contribution >= 4 is 17.8 Å². The third-order valence-electron chi connectivity index (χ3n) is 4.63. The minimum Gasteiger partial charge on any atom is -0.374 e. The summed E-state index contributed by atoms with van der Waals surface area (Å²) in [5.41, 5.74) is 7.81. The van der Waals surface area contributed by atoms with E-state index in [0.29, 0.717) is 23.6 Å². The van der Waals surface area contributed by atoms with Crippen LogP contribution in [0.3, 0.4) is 0 Å². The molecule has 1 amide bonds. The fraction of sp³-hybridized carbons (Fsp3) is 0.318. The SMILES string of the molecule is CN=Cc1ccccc1COC[C@@H](NC(=O)C(C)(C)N)c1nnc2ccc(C#N)cn12. The molecule has 0 saturated carbocycles. The summed E-state index contributed by atoms with van der Waals surface area (Å²) in [5, 5.41) is 20.5. The molecule has 2 aromatic heterocycles. The Bertz CT molecular complexity index is 1140. The van der Waals surface area contributed by atoms with E-state index in [1.807, 2.05) is 24.3 Å². The van der Waals surface area contributed by atoms with Crippen molar-refractivity contribution in [3.05, 3.63) is 65.1 Å². The Balaban J connectivity index is 1.86. The number of nitrogens with two attached hydrogens (primary N) is 1. The van der Waals surface area contributed by atoms with Gasteiger partial charge in [-0.2, -0.15) is 5.26 Å². The van der Waals surface area contributed by atoms with Gasteiger partial charge < -0.3 is 15.8 Å². The highest BCUT2D eigenvalue weighted by Gasteiger charge is 2.28. The standard InChI is InChI=1S/C22H25N7O2/c1-22(2,24)21(30)26-18(14-31-13-17-7-5-4-6-16(17)11-25-3)20-28-27-19-9-8-15(10-23)12-29(19)20/h4-9,11-12,18H,13-14,24H2,1-3H3,(H,26,30)/t18-/m1/s1. The number of aliphatic imine (C=N–C) groups is 1. The molecule has 0 spiro atoms. The van der Waals surface area contributed by atoms with Crippen LogP contribution in [-0.4, -0.2) is 45.9 Å². The lowest BCUT2D eigenvalue weighted by molar-refractivity contribution is -0.126. The normalized spacial score (nSPS) is 12.7. The Hall–Kier alpha value is -3.61. The van der Waals surface area contributed by atoms with Gasteiger partial charge in [-0.3, -0.25) is 14.2 Å². The van der Waals surface area contributed by atoms with Crippen LogP contribution in [0.25, 0.3) is 5.65 Å². The van der Waals surface area contributed by atoms with Gasteiger partial charge in [0, 0.05) is 19.5 Å². The van der Waals surface area contributed by atoms with Crippen LogP contribution in [0.15, 0.2) is 47.6 Å². The molecular weight excluding hydrogens is 394 g/mol. The zero-order valence-electron chi connectivity index (χ0n) is 17.7. The molecule has 0 aliphatic rings. The maximum Gasteiger partial charge on any atom is 0.240 e. The second kappa shape index (κ2) is 9.47. The van der Waals surface area contributed by atoms with Crippen molar-refractivity contribution < 1.29 is 9.53 Å². The zero-order valence-corrected chi connectivity index (χ0v) is 17.7. The summed E-state index contributed by atoms with van der Waals surface area (Å²) in [5.74, 6) is 0.0981. The van der Waals surface area contributed by atoms with Crippen LogP contribution in [0.4, 0.5) is 0 Å². The zero-order chi connectivity index (χ0) is 22.4. The number of ether oxygens (including phenoxy) is 1. The average molecular weight is 419 g/mol. The Morgan fingerprint density at radius 3 is 2.84 bits per heavy atom. The van der Waals surface area contributed by atoms with E-state index >= 15 is 0 Å². The lowest BCUT2D eigenvalue weighted by Gasteiger charge is -2.23. The van der Waals surface area contributed by atoms with Gasteiger partial charge in [0.2, 0.25) is 5.91 Å². The first-order chi connectivity index (χ1) is 14.8. The molecule has 0 unspecified atom stereocenters. The quantitative estimate of drug-likeness (QED) is 0.535. The fourth-order valence-electron chi connectivity index (χ4n) is 2.95.